The first-order valence-corrected chi connectivity index (χ1v) is 6.90. The predicted octanol–water partition coefficient (Wildman–Crippen LogP) is 4.99. The summed E-state index contributed by atoms with van der Waals surface area (Å²) in [5.74, 6) is 0.798. The minimum atomic E-state index is 0.430. The number of hydrogen-bond donors (Lipinski definition) is 0. The molecule has 0 amide bonds. The minimum absolute atomic E-state index is 0.430. The number of benzene rings is 1. The Balaban J connectivity index is 2.04. The molecule has 1 nitrogen and oxygen atoms in total. The van der Waals surface area contributed by atoms with Crippen molar-refractivity contribution in [1.82, 2.24) is 4.98 Å². The van der Waals surface area contributed by atoms with Crippen molar-refractivity contribution in [3.8, 4) is 0 Å². The molecule has 17 heavy (non-hydrogen) atoms. The van der Waals surface area contributed by atoms with E-state index in [9.17, 15) is 0 Å². The zero-order valence-electron chi connectivity index (χ0n) is 9.28. The third kappa shape index (κ3) is 3.63. The summed E-state index contributed by atoms with van der Waals surface area (Å²) in [6, 6.07) is 12.1. The number of aryl methyl sites for hydroxylation is 1. The van der Waals surface area contributed by atoms with E-state index < -0.39 is 0 Å². The van der Waals surface area contributed by atoms with E-state index in [1.807, 2.05) is 6.07 Å². The van der Waals surface area contributed by atoms with Gasteiger partial charge in [-0.1, -0.05) is 47.0 Å². The maximum Gasteiger partial charge on any atom is 0.134 e. The van der Waals surface area contributed by atoms with E-state index in [1.54, 1.807) is 17.8 Å². The SMILES string of the molecule is Cc1ccc(SCc2ccc(Cl)nc2Cl)cc1. The molecule has 0 aliphatic carbocycles. The third-order valence-corrected chi connectivity index (χ3v) is 3.91. The lowest BCUT2D eigenvalue weighted by atomic mass is 10.2. The molecule has 0 fully saturated rings. The summed E-state index contributed by atoms with van der Waals surface area (Å²) in [5, 5.41) is 0.913. The number of thioether (sulfide) groups is 1. The van der Waals surface area contributed by atoms with E-state index in [4.69, 9.17) is 23.2 Å². The average molecular weight is 284 g/mol. The summed E-state index contributed by atoms with van der Waals surface area (Å²) in [7, 11) is 0. The lowest BCUT2D eigenvalue weighted by Crippen LogP contribution is -1.86. The Morgan fingerprint density at radius 2 is 1.76 bits per heavy atom. The number of halogens is 2. The Hall–Kier alpha value is -0.700. The summed E-state index contributed by atoms with van der Waals surface area (Å²) >= 11 is 13.5. The fourth-order valence-electron chi connectivity index (χ4n) is 1.34. The topological polar surface area (TPSA) is 12.9 Å². The molecular formula is C13H11Cl2NS. The highest BCUT2D eigenvalue weighted by Crippen LogP contribution is 2.26. The zero-order valence-corrected chi connectivity index (χ0v) is 11.6. The second kappa shape index (κ2) is 5.76. The van der Waals surface area contributed by atoms with Crippen molar-refractivity contribution in [3.63, 3.8) is 0 Å². The van der Waals surface area contributed by atoms with Gasteiger partial charge in [-0.3, -0.25) is 0 Å². The van der Waals surface area contributed by atoms with Gasteiger partial charge in [0, 0.05) is 10.6 Å². The van der Waals surface area contributed by atoms with Crippen LogP contribution in [0.25, 0.3) is 0 Å². The quantitative estimate of drug-likeness (QED) is 0.581. The van der Waals surface area contributed by atoms with Crippen LogP contribution >= 0.6 is 35.0 Å². The molecule has 0 saturated carbocycles. The largest absolute Gasteiger partial charge is 0.224 e. The molecule has 0 N–H and O–H groups in total. The first-order valence-electron chi connectivity index (χ1n) is 5.15. The highest BCUT2D eigenvalue weighted by Gasteiger charge is 2.03. The van der Waals surface area contributed by atoms with Crippen LogP contribution in [-0.4, -0.2) is 4.98 Å². The Kier molecular flexibility index (Phi) is 4.32. The van der Waals surface area contributed by atoms with Crippen LogP contribution in [-0.2, 0) is 5.75 Å². The minimum Gasteiger partial charge on any atom is -0.224 e. The van der Waals surface area contributed by atoms with Gasteiger partial charge < -0.3 is 0 Å². The normalized spacial score (nSPS) is 10.5. The van der Waals surface area contributed by atoms with Gasteiger partial charge in [-0.2, -0.15) is 0 Å². The van der Waals surface area contributed by atoms with Gasteiger partial charge in [0.25, 0.3) is 0 Å². The summed E-state index contributed by atoms with van der Waals surface area (Å²) < 4.78 is 0. The Morgan fingerprint density at radius 1 is 1.06 bits per heavy atom. The molecule has 4 heteroatoms. The van der Waals surface area contributed by atoms with Crippen LogP contribution in [0.4, 0.5) is 0 Å². The van der Waals surface area contributed by atoms with Crippen molar-refractivity contribution >= 4 is 35.0 Å². The molecule has 88 valence electrons. The van der Waals surface area contributed by atoms with Crippen molar-refractivity contribution in [2.45, 2.75) is 17.6 Å². The number of pyridine rings is 1. The fourth-order valence-corrected chi connectivity index (χ4v) is 2.72. The van der Waals surface area contributed by atoms with E-state index in [0.717, 1.165) is 11.3 Å². The van der Waals surface area contributed by atoms with E-state index in [1.165, 1.54) is 10.5 Å². The number of rotatable bonds is 3. The van der Waals surface area contributed by atoms with Gasteiger partial charge in [0.2, 0.25) is 0 Å². The van der Waals surface area contributed by atoms with Gasteiger partial charge in [0.1, 0.15) is 10.3 Å². The second-order valence-electron chi connectivity index (χ2n) is 3.69. The van der Waals surface area contributed by atoms with Crippen molar-refractivity contribution in [3.05, 3.63) is 57.8 Å². The van der Waals surface area contributed by atoms with E-state index >= 15 is 0 Å². The van der Waals surface area contributed by atoms with Gasteiger partial charge >= 0.3 is 0 Å². The van der Waals surface area contributed by atoms with Crippen molar-refractivity contribution in [1.29, 1.82) is 0 Å². The molecule has 0 aliphatic rings. The summed E-state index contributed by atoms with van der Waals surface area (Å²) in [5.41, 5.74) is 2.27. The molecule has 1 heterocycles. The first-order chi connectivity index (χ1) is 8.15. The molecule has 2 rings (SSSR count). The van der Waals surface area contributed by atoms with Crippen molar-refractivity contribution < 1.29 is 0 Å². The van der Waals surface area contributed by atoms with E-state index in [2.05, 4.69) is 36.2 Å². The van der Waals surface area contributed by atoms with Gasteiger partial charge in [-0.15, -0.1) is 11.8 Å². The lowest BCUT2D eigenvalue weighted by molar-refractivity contribution is 1.25. The number of hydrogen-bond acceptors (Lipinski definition) is 2. The molecule has 1 aromatic carbocycles. The highest BCUT2D eigenvalue weighted by atomic mass is 35.5. The number of aromatic nitrogens is 1. The van der Waals surface area contributed by atoms with Crippen LogP contribution in [0, 0.1) is 6.92 Å². The van der Waals surface area contributed by atoms with Crippen LogP contribution in [0.2, 0.25) is 10.3 Å². The summed E-state index contributed by atoms with van der Waals surface area (Å²) in [4.78, 5) is 5.24. The highest BCUT2D eigenvalue weighted by molar-refractivity contribution is 7.98. The van der Waals surface area contributed by atoms with Crippen LogP contribution in [0.1, 0.15) is 11.1 Å². The fraction of sp³-hybridized carbons (Fsp3) is 0.154. The van der Waals surface area contributed by atoms with Gasteiger partial charge in [0.05, 0.1) is 0 Å². The number of nitrogens with zero attached hydrogens (tertiary/aromatic N) is 1. The van der Waals surface area contributed by atoms with Gasteiger partial charge in [-0.25, -0.2) is 4.98 Å². The molecule has 0 atom stereocenters. The standard InChI is InChI=1S/C13H11Cl2NS/c1-9-2-5-11(6-3-9)17-8-10-4-7-12(14)16-13(10)15/h2-7H,8H2,1H3. The molecule has 0 radical (unpaired) electrons. The molecule has 2 aromatic rings. The van der Waals surface area contributed by atoms with Crippen LogP contribution in [0.15, 0.2) is 41.3 Å². The Morgan fingerprint density at radius 3 is 2.41 bits per heavy atom. The molecule has 0 unspecified atom stereocenters. The molecule has 0 aliphatic heterocycles. The van der Waals surface area contributed by atoms with Gasteiger partial charge in [0.15, 0.2) is 0 Å². The van der Waals surface area contributed by atoms with E-state index in [0.29, 0.717) is 10.3 Å². The Labute approximate surface area is 115 Å². The van der Waals surface area contributed by atoms with Crippen molar-refractivity contribution in [2.75, 3.05) is 0 Å². The average Bonchev–Trinajstić information content (AvgIpc) is 2.30. The van der Waals surface area contributed by atoms with Crippen LogP contribution in [0.5, 0.6) is 0 Å². The molecule has 0 bridgehead atoms. The first kappa shape index (κ1) is 12.7. The van der Waals surface area contributed by atoms with Crippen molar-refractivity contribution in [2.24, 2.45) is 0 Å². The molecule has 0 saturated heterocycles. The molecule has 0 spiro atoms. The lowest BCUT2D eigenvalue weighted by Gasteiger charge is -2.04. The maximum absolute atomic E-state index is 6.01. The van der Waals surface area contributed by atoms with E-state index in [-0.39, 0.29) is 0 Å². The molecular weight excluding hydrogens is 273 g/mol. The third-order valence-electron chi connectivity index (χ3n) is 2.31. The summed E-state index contributed by atoms with van der Waals surface area (Å²) in [6.07, 6.45) is 0. The smallest absolute Gasteiger partial charge is 0.134 e. The molecule has 1 aromatic heterocycles. The second-order valence-corrected chi connectivity index (χ2v) is 5.48. The zero-order chi connectivity index (χ0) is 12.3. The van der Waals surface area contributed by atoms with Crippen LogP contribution < -0.4 is 0 Å². The Bertz CT molecular complexity index is 511. The maximum atomic E-state index is 6.01. The predicted molar refractivity (Wildman–Crippen MR) is 75.0 cm³/mol. The van der Waals surface area contributed by atoms with Gasteiger partial charge in [-0.05, 0) is 30.7 Å². The van der Waals surface area contributed by atoms with Crippen LogP contribution in [0.3, 0.4) is 0 Å². The summed E-state index contributed by atoms with van der Waals surface area (Å²) in [6.45, 7) is 2.08. The monoisotopic (exact) mass is 283 g/mol.